The maximum Gasteiger partial charge on any atom is 0.123 e. The maximum atomic E-state index is 5.84. The third kappa shape index (κ3) is 2.94. The smallest absolute Gasteiger partial charge is 0.123 e. The summed E-state index contributed by atoms with van der Waals surface area (Å²) in [7, 11) is 0. The standard InChI is InChI=1S/C14H16N6S/c15-14-10(7-17-20-14)11(19-16)6-13-18-12(8-21-13)9-4-2-1-3-5-9/h1-5,7-8,11,19H,6,16H2,(H3,15,17,20). The molecule has 1 aromatic carbocycles. The van der Waals surface area contributed by atoms with Crippen molar-refractivity contribution in [2.24, 2.45) is 5.84 Å². The summed E-state index contributed by atoms with van der Waals surface area (Å²) in [5, 5.41) is 9.69. The largest absolute Gasteiger partial charge is 0.384 e. The van der Waals surface area contributed by atoms with Crippen molar-refractivity contribution < 1.29 is 0 Å². The van der Waals surface area contributed by atoms with Crippen molar-refractivity contribution in [3.05, 3.63) is 52.5 Å². The Morgan fingerprint density at radius 1 is 1.29 bits per heavy atom. The van der Waals surface area contributed by atoms with Gasteiger partial charge < -0.3 is 5.73 Å². The number of hydrogen-bond donors (Lipinski definition) is 4. The summed E-state index contributed by atoms with van der Waals surface area (Å²) >= 11 is 1.61. The predicted molar refractivity (Wildman–Crippen MR) is 84.3 cm³/mol. The lowest BCUT2D eigenvalue weighted by molar-refractivity contribution is 0.552. The van der Waals surface area contributed by atoms with E-state index in [0.717, 1.165) is 21.8 Å². The van der Waals surface area contributed by atoms with Gasteiger partial charge in [-0.2, -0.15) is 5.10 Å². The molecular formula is C14H16N6S. The fourth-order valence-electron chi connectivity index (χ4n) is 2.16. The summed E-state index contributed by atoms with van der Waals surface area (Å²) in [6.45, 7) is 0. The monoisotopic (exact) mass is 300 g/mol. The third-order valence-electron chi connectivity index (χ3n) is 3.28. The Balaban J connectivity index is 1.79. The molecule has 6 N–H and O–H groups in total. The molecule has 0 aliphatic rings. The lowest BCUT2D eigenvalue weighted by Crippen LogP contribution is -2.29. The Kier molecular flexibility index (Phi) is 3.96. The van der Waals surface area contributed by atoms with E-state index in [2.05, 4.69) is 26.0 Å². The van der Waals surface area contributed by atoms with Crippen molar-refractivity contribution in [3.8, 4) is 11.3 Å². The summed E-state index contributed by atoms with van der Waals surface area (Å²) in [6.07, 6.45) is 2.35. The highest BCUT2D eigenvalue weighted by molar-refractivity contribution is 7.09. The molecule has 0 fully saturated rings. The average molecular weight is 300 g/mol. The summed E-state index contributed by atoms with van der Waals surface area (Å²) < 4.78 is 0. The van der Waals surface area contributed by atoms with E-state index in [1.54, 1.807) is 17.5 Å². The predicted octanol–water partition coefficient (Wildman–Crippen LogP) is 1.86. The Hall–Kier alpha value is -2.22. The molecule has 7 heteroatoms. The van der Waals surface area contributed by atoms with Gasteiger partial charge in [-0.15, -0.1) is 11.3 Å². The lowest BCUT2D eigenvalue weighted by Gasteiger charge is -2.13. The normalized spacial score (nSPS) is 12.4. The average Bonchev–Trinajstić information content (AvgIpc) is 3.15. The number of benzene rings is 1. The van der Waals surface area contributed by atoms with Gasteiger partial charge in [0, 0.05) is 22.9 Å². The molecule has 0 bridgehead atoms. The number of thiazole rings is 1. The fraction of sp³-hybridized carbons (Fsp3) is 0.143. The number of H-pyrrole nitrogens is 1. The van der Waals surface area contributed by atoms with E-state index in [0.29, 0.717) is 12.2 Å². The summed E-state index contributed by atoms with van der Waals surface area (Å²) in [4.78, 5) is 4.66. The van der Waals surface area contributed by atoms with Gasteiger partial charge in [-0.05, 0) is 0 Å². The molecule has 108 valence electrons. The topological polar surface area (TPSA) is 106 Å². The minimum atomic E-state index is -0.112. The highest BCUT2D eigenvalue weighted by atomic mass is 32.1. The number of aromatic nitrogens is 3. The Morgan fingerprint density at radius 3 is 2.76 bits per heavy atom. The van der Waals surface area contributed by atoms with E-state index in [1.807, 2.05) is 30.3 Å². The first-order valence-electron chi connectivity index (χ1n) is 6.52. The first-order valence-corrected chi connectivity index (χ1v) is 7.40. The molecule has 6 nitrogen and oxygen atoms in total. The maximum absolute atomic E-state index is 5.84. The summed E-state index contributed by atoms with van der Waals surface area (Å²) in [6, 6.07) is 9.98. The first kappa shape index (κ1) is 13.7. The van der Waals surface area contributed by atoms with Gasteiger partial charge in [0.1, 0.15) is 5.82 Å². The zero-order valence-electron chi connectivity index (χ0n) is 11.3. The zero-order valence-corrected chi connectivity index (χ0v) is 12.1. The van der Waals surface area contributed by atoms with Crippen LogP contribution in [0.3, 0.4) is 0 Å². The van der Waals surface area contributed by atoms with Gasteiger partial charge in [0.05, 0.1) is 22.9 Å². The molecule has 2 aromatic heterocycles. The van der Waals surface area contributed by atoms with E-state index >= 15 is 0 Å². The van der Waals surface area contributed by atoms with Crippen LogP contribution in [0.1, 0.15) is 16.6 Å². The molecule has 1 atom stereocenters. The molecule has 0 spiro atoms. The fourth-order valence-corrected chi connectivity index (χ4v) is 3.01. The van der Waals surface area contributed by atoms with Gasteiger partial charge in [-0.3, -0.25) is 16.4 Å². The van der Waals surface area contributed by atoms with Gasteiger partial charge in [0.25, 0.3) is 0 Å². The van der Waals surface area contributed by atoms with Crippen LogP contribution in [0.5, 0.6) is 0 Å². The molecule has 0 saturated carbocycles. The van der Waals surface area contributed by atoms with Crippen molar-refractivity contribution in [2.75, 3.05) is 5.73 Å². The molecule has 1 unspecified atom stereocenters. The molecule has 0 aliphatic heterocycles. The number of anilines is 1. The minimum Gasteiger partial charge on any atom is -0.384 e. The van der Waals surface area contributed by atoms with Gasteiger partial charge in [0.15, 0.2) is 0 Å². The summed E-state index contributed by atoms with van der Waals surface area (Å²) in [5.74, 6) is 6.15. The Morgan fingerprint density at radius 2 is 2.10 bits per heavy atom. The van der Waals surface area contributed by atoms with Crippen molar-refractivity contribution in [1.82, 2.24) is 20.6 Å². The van der Waals surface area contributed by atoms with Gasteiger partial charge in [-0.25, -0.2) is 4.98 Å². The van der Waals surface area contributed by atoms with E-state index < -0.39 is 0 Å². The van der Waals surface area contributed by atoms with Crippen molar-refractivity contribution in [1.29, 1.82) is 0 Å². The Bertz CT molecular complexity index is 705. The SMILES string of the molecule is NNC(Cc1nc(-c2ccccc2)cs1)c1cn[nH]c1N. The second kappa shape index (κ2) is 6.04. The van der Waals surface area contributed by atoms with Crippen LogP contribution in [0, 0.1) is 0 Å². The van der Waals surface area contributed by atoms with Gasteiger partial charge >= 0.3 is 0 Å². The van der Waals surface area contributed by atoms with Crippen LogP contribution in [0.25, 0.3) is 11.3 Å². The molecule has 3 rings (SSSR count). The van der Waals surface area contributed by atoms with Crippen LogP contribution in [-0.4, -0.2) is 15.2 Å². The van der Waals surface area contributed by atoms with Crippen LogP contribution in [0.4, 0.5) is 5.82 Å². The molecule has 21 heavy (non-hydrogen) atoms. The summed E-state index contributed by atoms with van der Waals surface area (Å²) in [5.41, 5.74) is 11.6. The first-order chi connectivity index (χ1) is 10.3. The number of hydrazine groups is 1. The van der Waals surface area contributed by atoms with Crippen LogP contribution >= 0.6 is 11.3 Å². The van der Waals surface area contributed by atoms with Gasteiger partial charge in [-0.1, -0.05) is 30.3 Å². The molecule has 0 aliphatic carbocycles. The number of nitrogens with zero attached hydrogens (tertiary/aromatic N) is 2. The second-order valence-electron chi connectivity index (χ2n) is 4.65. The van der Waals surface area contributed by atoms with E-state index in [-0.39, 0.29) is 6.04 Å². The van der Waals surface area contributed by atoms with Crippen LogP contribution in [-0.2, 0) is 6.42 Å². The molecule has 0 radical (unpaired) electrons. The number of nitrogen functional groups attached to an aromatic ring is 1. The van der Waals surface area contributed by atoms with E-state index in [9.17, 15) is 0 Å². The number of nitrogens with one attached hydrogen (secondary N) is 2. The second-order valence-corrected chi connectivity index (χ2v) is 5.60. The molecular weight excluding hydrogens is 284 g/mol. The molecule has 3 aromatic rings. The molecule has 0 saturated heterocycles. The van der Waals surface area contributed by atoms with Crippen LogP contribution in [0.2, 0.25) is 0 Å². The Labute approximate surface area is 126 Å². The zero-order chi connectivity index (χ0) is 14.7. The van der Waals surface area contributed by atoms with Crippen LogP contribution in [0.15, 0.2) is 41.9 Å². The third-order valence-corrected chi connectivity index (χ3v) is 4.15. The van der Waals surface area contributed by atoms with Crippen molar-refractivity contribution in [2.45, 2.75) is 12.5 Å². The number of aromatic amines is 1. The highest BCUT2D eigenvalue weighted by Crippen LogP contribution is 2.26. The number of rotatable bonds is 5. The highest BCUT2D eigenvalue weighted by Gasteiger charge is 2.17. The van der Waals surface area contributed by atoms with E-state index in [1.165, 1.54) is 0 Å². The van der Waals surface area contributed by atoms with Crippen LogP contribution < -0.4 is 17.0 Å². The quantitative estimate of drug-likeness (QED) is 0.425. The minimum absolute atomic E-state index is 0.112. The van der Waals surface area contributed by atoms with Gasteiger partial charge in [0.2, 0.25) is 0 Å². The molecule has 2 heterocycles. The van der Waals surface area contributed by atoms with E-state index in [4.69, 9.17) is 11.6 Å². The number of nitrogens with two attached hydrogens (primary N) is 2. The van der Waals surface area contributed by atoms with Crippen molar-refractivity contribution in [3.63, 3.8) is 0 Å². The van der Waals surface area contributed by atoms with Crippen molar-refractivity contribution >= 4 is 17.2 Å². The lowest BCUT2D eigenvalue weighted by atomic mass is 10.1. The molecule has 0 amide bonds. The number of hydrogen-bond acceptors (Lipinski definition) is 6.